The molecule has 4 N–H and O–H groups in total. The third-order valence-corrected chi connectivity index (χ3v) is 3.51. The Kier molecular flexibility index (Phi) is 6.72. The van der Waals surface area contributed by atoms with Crippen LogP contribution in [-0.4, -0.2) is 58.9 Å². The lowest BCUT2D eigenvalue weighted by Gasteiger charge is -2.24. The van der Waals surface area contributed by atoms with E-state index in [-0.39, 0.29) is 31.6 Å². The predicted octanol–water partition coefficient (Wildman–Crippen LogP) is -0.355. The molecule has 0 radical (unpaired) electrons. The van der Waals surface area contributed by atoms with Crippen LogP contribution in [0.15, 0.2) is 35.3 Å². The first kappa shape index (κ1) is 18.9. The smallest absolute Gasteiger partial charge is 0.305 e. The third kappa shape index (κ3) is 4.45. The van der Waals surface area contributed by atoms with Gasteiger partial charge in [0.25, 0.3) is 6.47 Å². The van der Waals surface area contributed by atoms with Crippen LogP contribution in [0.2, 0.25) is 0 Å². The minimum atomic E-state index is -0.703. The molecule has 24 heavy (non-hydrogen) atoms. The van der Waals surface area contributed by atoms with E-state index in [0.717, 1.165) is 0 Å². The summed E-state index contributed by atoms with van der Waals surface area (Å²) in [5, 5.41) is 16.7. The Labute approximate surface area is 137 Å². The SMILES string of the molecule is COC(=O)CCC(C(N)=O)N1C=C2C=CC(=O)C(O)=C2C1.O=CO. The number of aliphatic hydroxyl groups excluding tert-OH is 1. The lowest BCUT2D eigenvalue weighted by molar-refractivity contribution is -0.141. The number of rotatable bonds is 5. The van der Waals surface area contributed by atoms with E-state index in [9.17, 15) is 19.5 Å². The van der Waals surface area contributed by atoms with Crippen molar-refractivity contribution in [2.45, 2.75) is 18.9 Å². The van der Waals surface area contributed by atoms with Crippen LogP contribution < -0.4 is 5.73 Å². The van der Waals surface area contributed by atoms with Crippen LogP contribution >= 0.6 is 0 Å². The van der Waals surface area contributed by atoms with E-state index in [0.29, 0.717) is 11.1 Å². The number of hydrogen-bond donors (Lipinski definition) is 3. The minimum absolute atomic E-state index is 0.0591. The van der Waals surface area contributed by atoms with E-state index in [1.807, 2.05) is 0 Å². The summed E-state index contributed by atoms with van der Waals surface area (Å²) in [5.41, 5.74) is 6.50. The van der Waals surface area contributed by atoms with Gasteiger partial charge in [-0.3, -0.25) is 19.2 Å². The Morgan fingerprint density at radius 3 is 2.62 bits per heavy atom. The maximum atomic E-state index is 11.6. The van der Waals surface area contributed by atoms with Gasteiger partial charge < -0.3 is 25.6 Å². The van der Waals surface area contributed by atoms with E-state index in [1.165, 1.54) is 13.2 Å². The number of aliphatic hydroxyl groups is 1. The largest absolute Gasteiger partial charge is 0.504 e. The fourth-order valence-corrected chi connectivity index (χ4v) is 2.35. The summed E-state index contributed by atoms with van der Waals surface area (Å²) in [5.74, 6) is -1.79. The van der Waals surface area contributed by atoms with Crippen molar-refractivity contribution in [3.63, 3.8) is 0 Å². The summed E-state index contributed by atoms with van der Waals surface area (Å²) in [6, 6.07) is -0.703. The van der Waals surface area contributed by atoms with E-state index in [4.69, 9.17) is 15.6 Å². The number of hydrogen-bond acceptors (Lipinski definition) is 7. The third-order valence-electron chi connectivity index (χ3n) is 3.51. The number of primary amides is 1. The number of esters is 1. The molecule has 9 heteroatoms. The molecule has 0 fully saturated rings. The first-order valence-corrected chi connectivity index (χ1v) is 6.92. The molecule has 1 aliphatic carbocycles. The molecule has 0 aromatic carbocycles. The number of amides is 1. The molecule has 1 amide bonds. The summed E-state index contributed by atoms with van der Waals surface area (Å²) >= 11 is 0. The molecule has 0 aromatic heterocycles. The number of ether oxygens (including phenoxy) is 1. The fraction of sp³-hybridized carbons (Fsp3) is 0.333. The Hall–Kier alpha value is -3.10. The van der Waals surface area contributed by atoms with Gasteiger partial charge in [0.1, 0.15) is 6.04 Å². The number of carbonyl (C=O) groups excluding carboxylic acids is 3. The quantitative estimate of drug-likeness (QED) is 0.455. The van der Waals surface area contributed by atoms with Crippen molar-refractivity contribution in [2.24, 2.45) is 5.73 Å². The second-order valence-corrected chi connectivity index (χ2v) is 4.92. The Morgan fingerprint density at radius 1 is 1.46 bits per heavy atom. The molecule has 1 atom stereocenters. The highest BCUT2D eigenvalue weighted by Crippen LogP contribution is 2.30. The van der Waals surface area contributed by atoms with Gasteiger partial charge in [-0.05, 0) is 24.1 Å². The summed E-state index contributed by atoms with van der Waals surface area (Å²) in [6.07, 6.45) is 4.76. The average Bonchev–Trinajstić information content (AvgIpc) is 2.96. The molecule has 2 rings (SSSR count). The van der Waals surface area contributed by atoms with Crippen LogP contribution in [0.5, 0.6) is 0 Å². The van der Waals surface area contributed by atoms with E-state index in [2.05, 4.69) is 4.74 Å². The van der Waals surface area contributed by atoms with Crippen molar-refractivity contribution < 1.29 is 34.1 Å². The van der Waals surface area contributed by atoms with E-state index >= 15 is 0 Å². The standard InChI is InChI=1S/C14H16N2O5.CH2O2/c1-21-12(18)5-3-10(14(15)20)16-6-8-2-4-11(17)13(19)9(8)7-16;2-1-3/h2,4,6,10,19H,3,5,7H2,1H3,(H2,15,20);1H,(H,2,3). The first-order valence-electron chi connectivity index (χ1n) is 6.92. The molecule has 0 bridgehead atoms. The Balaban J connectivity index is 0.000000891. The maximum Gasteiger partial charge on any atom is 0.305 e. The van der Waals surface area contributed by atoms with Gasteiger partial charge in [-0.15, -0.1) is 0 Å². The van der Waals surface area contributed by atoms with Crippen molar-refractivity contribution >= 4 is 24.1 Å². The number of ketones is 1. The van der Waals surface area contributed by atoms with Crippen molar-refractivity contribution in [3.05, 3.63) is 35.3 Å². The summed E-state index contributed by atoms with van der Waals surface area (Å²) in [7, 11) is 1.27. The molecular formula is C15H18N2O7. The highest BCUT2D eigenvalue weighted by atomic mass is 16.5. The zero-order valence-electron chi connectivity index (χ0n) is 13.0. The molecular weight excluding hydrogens is 320 g/mol. The second-order valence-electron chi connectivity index (χ2n) is 4.92. The number of methoxy groups -OCH3 is 1. The molecule has 0 spiro atoms. The zero-order valence-corrected chi connectivity index (χ0v) is 13.0. The van der Waals surface area contributed by atoms with Gasteiger partial charge in [0.15, 0.2) is 5.76 Å². The zero-order chi connectivity index (χ0) is 18.3. The van der Waals surface area contributed by atoms with Crippen LogP contribution in [-0.2, 0) is 23.9 Å². The lowest BCUT2D eigenvalue weighted by atomic mass is 10.0. The van der Waals surface area contributed by atoms with E-state index < -0.39 is 23.7 Å². The van der Waals surface area contributed by atoms with Crippen molar-refractivity contribution in [1.29, 1.82) is 0 Å². The molecule has 1 aliphatic heterocycles. The molecule has 0 aromatic rings. The number of nitrogens with two attached hydrogens (primary N) is 1. The number of fused-ring (bicyclic) bond motifs is 1. The first-order chi connectivity index (χ1) is 11.3. The topological polar surface area (TPSA) is 147 Å². The number of carbonyl (C=O) groups is 4. The molecule has 0 saturated carbocycles. The number of nitrogens with zero attached hydrogens (tertiary/aromatic N) is 1. The second kappa shape index (κ2) is 8.51. The van der Waals surface area contributed by atoms with Crippen LogP contribution in [0, 0.1) is 0 Å². The van der Waals surface area contributed by atoms with Crippen LogP contribution in [0.1, 0.15) is 12.8 Å². The highest BCUT2D eigenvalue weighted by molar-refractivity contribution is 6.05. The average molecular weight is 338 g/mol. The van der Waals surface area contributed by atoms with Gasteiger partial charge in [0, 0.05) is 24.7 Å². The predicted molar refractivity (Wildman–Crippen MR) is 81.5 cm³/mol. The molecule has 1 heterocycles. The monoisotopic (exact) mass is 338 g/mol. The maximum absolute atomic E-state index is 11.6. The van der Waals surface area contributed by atoms with E-state index in [1.54, 1.807) is 17.2 Å². The van der Waals surface area contributed by atoms with Crippen molar-refractivity contribution in [3.8, 4) is 0 Å². The molecule has 0 saturated heterocycles. The number of allylic oxidation sites excluding steroid dienone is 2. The van der Waals surface area contributed by atoms with Crippen LogP contribution in [0.25, 0.3) is 0 Å². The molecule has 9 nitrogen and oxygen atoms in total. The summed E-state index contributed by atoms with van der Waals surface area (Å²) in [6.45, 7) is -0.0496. The number of carboxylic acid groups (broad SMARTS) is 1. The van der Waals surface area contributed by atoms with Crippen LogP contribution in [0.4, 0.5) is 0 Å². The fourth-order valence-electron chi connectivity index (χ4n) is 2.35. The highest BCUT2D eigenvalue weighted by Gasteiger charge is 2.32. The lowest BCUT2D eigenvalue weighted by Crippen LogP contribution is -2.41. The Bertz CT molecular complexity index is 634. The Morgan fingerprint density at radius 2 is 2.08 bits per heavy atom. The van der Waals surface area contributed by atoms with Gasteiger partial charge in [-0.25, -0.2) is 0 Å². The summed E-state index contributed by atoms with van der Waals surface area (Å²) in [4.78, 5) is 44.1. The summed E-state index contributed by atoms with van der Waals surface area (Å²) < 4.78 is 4.54. The molecule has 2 aliphatic rings. The normalized spacial score (nSPS) is 16.6. The van der Waals surface area contributed by atoms with Crippen LogP contribution in [0.3, 0.4) is 0 Å². The van der Waals surface area contributed by atoms with Gasteiger partial charge in [-0.2, -0.15) is 0 Å². The molecule has 1 unspecified atom stereocenters. The minimum Gasteiger partial charge on any atom is -0.504 e. The van der Waals surface area contributed by atoms with Gasteiger partial charge in [0.2, 0.25) is 11.7 Å². The molecule has 130 valence electrons. The van der Waals surface area contributed by atoms with Gasteiger partial charge in [0.05, 0.1) is 7.11 Å². The van der Waals surface area contributed by atoms with Gasteiger partial charge in [-0.1, -0.05) is 0 Å². The van der Waals surface area contributed by atoms with Crippen molar-refractivity contribution in [1.82, 2.24) is 4.90 Å². The van der Waals surface area contributed by atoms with Gasteiger partial charge >= 0.3 is 5.97 Å². The van der Waals surface area contributed by atoms with Crippen molar-refractivity contribution in [2.75, 3.05) is 13.7 Å².